The van der Waals surface area contributed by atoms with Crippen molar-refractivity contribution in [2.75, 3.05) is 12.4 Å². The molecule has 0 bridgehead atoms. The lowest BCUT2D eigenvalue weighted by molar-refractivity contribution is 1.05. The standard InChI is InChI=1S/C7H11N3/c1-4-6-5(2)9-10-7(6)8-3/h4H,1H2,2-3H3,(H2,8,9,10). The van der Waals surface area contributed by atoms with Crippen LogP contribution in [0.1, 0.15) is 11.3 Å². The summed E-state index contributed by atoms with van der Waals surface area (Å²) in [5.74, 6) is 0.854. The summed E-state index contributed by atoms with van der Waals surface area (Å²) in [4.78, 5) is 0. The lowest BCUT2D eigenvalue weighted by Crippen LogP contribution is -1.89. The highest BCUT2D eigenvalue weighted by atomic mass is 15.2. The summed E-state index contributed by atoms with van der Waals surface area (Å²) in [6, 6.07) is 0. The van der Waals surface area contributed by atoms with Crippen LogP contribution in [0.4, 0.5) is 5.82 Å². The number of nitrogens with zero attached hydrogens (tertiary/aromatic N) is 1. The van der Waals surface area contributed by atoms with Crippen LogP contribution in [0.3, 0.4) is 0 Å². The van der Waals surface area contributed by atoms with E-state index in [4.69, 9.17) is 0 Å². The van der Waals surface area contributed by atoms with Crippen LogP contribution < -0.4 is 5.32 Å². The molecule has 0 saturated heterocycles. The number of nitrogens with one attached hydrogen (secondary N) is 2. The number of hydrogen-bond donors (Lipinski definition) is 2. The summed E-state index contributed by atoms with van der Waals surface area (Å²) < 4.78 is 0. The van der Waals surface area contributed by atoms with Gasteiger partial charge in [-0.2, -0.15) is 5.10 Å². The van der Waals surface area contributed by atoms with Crippen molar-refractivity contribution in [1.82, 2.24) is 10.2 Å². The van der Waals surface area contributed by atoms with Crippen LogP contribution in [-0.4, -0.2) is 17.2 Å². The van der Waals surface area contributed by atoms with Crippen LogP contribution in [0.25, 0.3) is 6.08 Å². The average molecular weight is 137 g/mol. The van der Waals surface area contributed by atoms with Gasteiger partial charge < -0.3 is 5.32 Å². The first-order valence-electron chi connectivity index (χ1n) is 3.14. The second-order valence-corrected chi connectivity index (χ2v) is 2.07. The van der Waals surface area contributed by atoms with E-state index in [2.05, 4.69) is 22.1 Å². The van der Waals surface area contributed by atoms with Crippen molar-refractivity contribution in [3.8, 4) is 0 Å². The van der Waals surface area contributed by atoms with Gasteiger partial charge in [-0.05, 0) is 6.92 Å². The third-order valence-corrected chi connectivity index (χ3v) is 1.44. The number of rotatable bonds is 2. The molecule has 0 aliphatic heterocycles. The molecular weight excluding hydrogens is 126 g/mol. The maximum absolute atomic E-state index is 4.00. The molecule has 0 aromatic carbocycles. The Morgan fingerprint density at radius 2 is 2.40 bits per heavy atom. The van der Waals surface area contributed by atoms with E-state index < -0.39 is 0 Å². The predicted octanol–water partition coefficient (Wildman–Crippen LogP) is 1.40. The Labute approximate surface area is 60.1 Å². The molecule has 54 valence electrons. The maximum Gasteiger partial charge on any atom is 0.155 e. The fourth-order valence-corrected chi connectivity index (χ4v) is 0.878. The average Bonchev–Trinajstić information content (AvgIpc) is 2.30. The molecule has 0 spiro atoms. The highest BCUT2D eigenvalue weighted by Crippen LogP contribution is 2.15. The molecule has 0 atom stereocenters. The lowest BCUT2D eigenvalue weighted by Gasteiger charge is -1.93. The topological polar surface area (TPSA) is 40.7 Å². The van der Waals surface area contributed by atoms with Crippen molar-refractivity contribution in [3.63, 3.8) is 0 Å². The number of anilines is 1. The zero-order valence-corrected chi connectivity index (χ0v) is 6.23. The summed E-state index contributed by atoms with van der Waals surface area (Å²) >= 11 is 0. The Morgan fingerprint density at radius 3 is 2.80 bits per heavy atom. The largest absolute Gasteiger partial charge is 0.371 e. The Morgan fingerprint density at radius 1 is 1.70 bits per heavy atom. The molecule has 0 amide bonds. The monoisotopic (exact) mass is 137 g/mol. The fraction of sp³-hybridized carbons (Fsp3) is 0.286. The van der Waals surface area contributed by atoms with Crippen molar-refractivity contribution in [2.45, 2.75) is 6.92 Å². The molecular formula is C7H11N3. The van der Waals surface area contributed by atoms with Crippen LogP contribution in [0.2, 0.25) is 0 Å². The first-order valence-corrected chi connectivity index (χ1v) is 3.14. The molecule has 10 heavy (non-hydrogen) atoms. The Kier molecular flexibility index (Phi) is 1.76. The zero-order chi connectivity index (χ0) is 7.56. The first kappa shape index (κ1) is 6.86. The minimum Gasteiger partial charge on any atom is -0.371 e. The second kappa shape index (κ2) is 2.56. The van der Waals surface area contributed by atoms with E-state index in [0.717, 1.165) is 17.1 Å². The fourth-order valence-electron chi connectivity index (χ4n) is 0.878. The van der Waals surface area contributed by atoms with E-state index in [1.54, 1.807) is 6.08 Å². The maximum atomic E-state index is 4.00. The smallest absolute Gasteiger partial charge is 0.155 e. The SMILES string of the molecule is C=Cc1c(NC)n[nH]c1C. The minimum absolute atomic E-state index is 0.854. The van der Waals surface area contributed by atoms with Crippen molar-refractivity contribution in [3.05, 3.63) is 17.8 Å². The van der Waals surface area contributed by atoms with Gasteiger partial charge in [-0.15, -0.1) is 0 Å². The molecule has 0 radical (unpaired) electrons. The third-order valence-electron chi connectivity index (χ3n) is 1.44. The van der Waals surface area contributed by atoms with Gasteiger partial charge in [-0.3, -0.25) is 5.10 Å². The van der Waals surface area contributed by atoms with Crippen LogP contribution >= 0.6 is 0 Å². The van der Waals surface area contributed by atoms with Gasteiger partial charge in [0.1, 0.15) is 0 Å². The molecule has 0 aliphatic carbocycles. The molecule has 0 aliphatic rings. The van der Waals surface area contributed by atoms with Crippen molar-refractivity contribution in [2.24, 2.45) is 0 Å². The van der Waals surface area contributed by atoms with E-state index in [1.165, 1.54) is 0 Å². The van der Waals surface area contributed by atoms with E-state index in [0.29, 0.717) is 0 Å². The quantitative estimate of drug-likeness (QED) is 0.647. The van der Waals surface area contributed by atoms with Crippen molar-refractivity contribution < 1.29 is 0 Å². The molecule has 1 aromatic heterocycles. The number of H-pyrrole nitrogens is 1. The molecule has 3 nitrogen and oxygen atoms in total. The molecule has 1 aromatic rings. The van der Waals surface area contributed by atoms with E-state index in [9.17, 15) is 0 Å². The Bertz CT molecular complexity index is 237. The van der Waals surface area contributed by atoms with Crippen LogP contribution in [0.5, 0.6) is 0 Å². The molecule has 0 unspecified atom stereocenters. The molecule has 0 fully saturated rings. The normalized spacial score (nSPS) is 9.40. The van der Waals surface area contributed by atoms with Gasteiger partial charge in [-0.25, -0.2) is 0 Å². The third kappa shape index (κ3) is 0.900. The molecule has 0 saturated carbocycles. The van der Waals surface area contributed by atoms with E-state index in [-0.39, 0.29) is 0 Å². The number of aromatic nitrogens is 2. The number of hydrogen-bond acceptors (Lipinski definition) is 2. The van der Waals surface area contributed by atoms with Crippen LogP contribution in [0, 0.1) is 6.92 Å². The van der Waals surface area contributed by atoms with Gasteiger partial charge in [0.2, 0.25) is 0 Å². The number of aryl methyl sites for hydroxylation is 1. The van der Waals surface area contributed by atoms with Crippen molar-refractivity contribution >= 4 is 11.9 Å². The molecule has 1 heterocycles. The Balaban J connectivity index is 3.12. The minimum atomic E-state index is 0.854. The zero-order valence-electron chi connectivity index (χ0n) is 6.23. The van der Waals surface area contributed by atoms with Gasteiger partial charge in [0, 0.05) is 18.3 Å². The summed E-state index contributed by atoms with van der Waals surface area (Å²) in [6.07, 6.45) is 1.78. The van der Waals surface area contributed by atoms with Gasteiger partial charge >= 0.3 is 0 Å². The van der Waals surface area contributed by atoms with Gasteiger partial charge in [-0.1, -0.05) is 12.7 Å². The van der Waals surface area contributed by atoms with E-state index >= 15 is 0 Å². The molecule has 2 N–H and O–H groups in total. The molecule has 3 heteroatoms. The summed E-state index contributed by atoms with van der Waals surface area (Å²) in [7, 11) is 1.84. The van der Waals surface area contributed by atoms with Crippen molar-refractivity contribution in [1.29, 1.82) is 0 Å². The summed E-state index contributed by atoms with van der Waals surface area (Å²) in [5, 5.41) is 9.81. The second-order valence-electron chi connectivity index (χ2n) is 2.07. The summed E-state index contributed by atoms with van der Waals surface area (Å²) in [6.45, 7) is 5.64. The number of aromatic amines is 1. The first-order chi connectivity index (χ1) is 4.79. The summed E-state index contributed by atoms with van der Waals surface area (Å²) in [5.41, 5.74) is 2.09. The van der Waals surface area contributed by atoms with Gasteiger partial charge in [0.05, 0.1) is 0 Å². The predicted molar refractivity (Wildman–Crippen MR) is 43.0 cm³/mol. The highest BCUT2D eigenvalue weighted by Gasteiger charge is 2.02. The highest BCUT2D eigenvalue weighted by molar-refractivity contribution is 5.63. The Hall–Kier alpha value is -1.25. The van der Waals surface area contributed by atoms with Crippen LogP contribution in [0.15, 0.2) is 6.58 Å². The van der Waals surface area contributed by atoms with Crippen LogP contribution in [-0.2, 0) is 0 Å². The van der Waals surface area contributed by atoms with Gasteiger partial charge in [0.15, 0.2) is 5.82 Å². The van der Waals surface area contributed by atoms with Gasteiger partial charge in [0.25, 0.3) is 0 Å². The lowest BCUT2D eigenvalue weighted by atomic mass is 10.2. The van der Waals surface area contributed by atoms with E-state index in [1.807, 2.05) is 14.0 Å². The molecule has 1 rings (SSSR count).